The summed E-state index contributed by atoms with van der Waals surface area (Å²) in [5, 5.41) is 0. The lowest BCUT2D eigenvalue weighted by atomic mass is 9.81. The van der Waals surface area contributed by atoms with Gasteiger partial charge in [0.15, 0.2) is 0 Å². The fourth-order valence-corrected chi connectivity index (χ4v) is 3.62. The van der Waals surface area contributed by atoms with E-state index in [1.807, 2.05) is 0 Å². The van der Waals surface area contributed by atoms with Crippen molar-refractivity contribution in [1.29, 1.82) is 0 Å². The zero-order valence-corrected chi connectivity index (χ0v) is 14.5. The Bertz CT molecular complexity index is 770. The molecule has 1 atom stereocenters. The SMILES string of the molecule is Cc1cc(C)c(C)c(C2(C)C=Cc3c(C)cccc3N2C)c1. The summed E-state index contributed by atoms with van der Waals surface area (Å²) in [6.07, 6.45) is 4.64. The topological polar surface area (TPSA) is 3.24 Å². The molecule has 114 valence electrons. The van der Waals surface area contributed by atoms with Crippen LogP contribution in [0.2, 0.25) is 0 Å². The molecule has 0 N–H and O–H groups in total. The monoisotopic (exact) mass is 291 g/mol. The number of likely N-dealkylation sites (N-methyl/N-ethyl adjacent to an activating group) is 1. The standard InChI is InChI=1S/C21H25N/c1-14-12-16(3)17(4)19(13-14)21(5)11-10-18-15(2)8-7-9-20(18)22(21)6/h7-13H,1-6H3. The minimum atomic E-state index is -0.109. The van der Waals surface area contributed by atoms with Crippen LogP contribution in [0.15, 0.2) is 36.4 Å². The van der Waals surface area contributed by atoms with Crippen LogP contribution in [0, 0.1) is 27.7 Å². The third-order valence-electron chi connectivity index (χ3n) is 5.29. The molecule has 0 fully saturated rings. The smallest absolute Gasteiger partial charge is 0.0812 e. The summed E-state index contributed by atoms with van der Waals surface area (Å²) in [7, 11) is 2.21. The molecule has 3 rings (SSSR count). The molecule has 1 heteroatoms. The molecule has 22 heavy (non-hydrogen) atoms. The number of benzene rings is 2. The van der Waals surface area contributed by atoms with Crippen molar-refractivity contribution in [2.24, 2.45) is 0 Å². The van der Waals surface area contributed by atoms with Gasteiger partial charge in [-0.15, -0.1) is 0 Å². The highest BCUT2D eigenvalue weighted by molar-refractivity contribution is 5.76. The molecule has 2 aromatic carbocycles. The highest BCUT2D eigenvalue weighted by Crippen LogP contribution is 2.42. The number of hydrogen-bond donors (Lipinski definition) is 0. The Morgan fingerprint density at radius 1 is 0.955 bits per heavy atom. The van der Waals surface area contributed by atoms with Crippen molar-refractivity contribution in [3.8, 4) is 0 Å². The predicted octanol–water partition coefficient (Wildman–Crippen LogP) is 5.30. The molecule has 1 heterocycles. The number of fused-ring (bicyclic) bond motifs is 1. The van der Waals surface area contributed by atoms with E-state index in [1.54, 1.807) is 0 Å². The van der Waals surface area contributed by atoms with Crippen LogP contribution in [-0.2, 0) is 5.54 Å². The lowest BCUT2D eigenvalue weighted by Gasteiger charge is -2.43. The number of rotatable bonds is 1. The van der Waals surface area contributed by atoms with Crippen LogP contribution in [0.1, 0.15) is 40.3 Å². The summed E-state index contributed by atoms with van der Waals surface area (Å²) in [6, 6.07) is 11.2. The van der Waals surface area contributed by atoms with Gasteiger partial charge < -0.3 is 4.90 Å². The molecule has 0 saturated carbocycles. The second-order valence-electron chi connectivity index (χ2n) is 6.80. The summed E-state index contributed by atoms with van der Waals surface area (Å²) in [5.74, 6) is 0. The average Bonchev–Trinajstić information content (AvgIpc) is 2.47. The highest BCUT2D eigenvalue weighted by Gasteiger charge is 2.34. The van der Waals surface area contributed by atoms with E-state index in [4.69, 9.17) is 0 Å². The van der Waals surface area contributed by atoms with E-state index in [1.165, 1.54) is 39.1 Å². The van der Waals surface area contributed by atoms with Gasteiger partial charge in [0, 0.05) is 18.3 Å². The van der Waals surface area contributed by atoms with Crippen LogP contribution in [0.4, 0.5) is 5.69 Å². The van der Waals surface area contributed by atoms with Crippen LogP contribution in [0.3, 0.4) is 0 Å². The number of hydrogen-bond acceptors (Lipinski definition) is 1. The molecular weight excluding hydrogens is 266 g/mol. The van der Waals surface area contributed by atoms with E-state index in [9.17, 15) is 0 Å². The molecule has 0 amide bonds. The van der Waals surface area contributed by atoms with E-state index in [-0.39, 0.29) is 5.54 Å². The molecule has 1 aliphatic rings. The summed E-state index contributed by atoms with van der Waals surface area (Å²) in [6.45, 7) is 11.1. The Balaban J connectivity index is 2.21. The minimum Gasteiger partial charge on any atom is -0.361 e. The summed E-state index contributed by atoms with van der Waals surface area (Å²) in [4.78, 5) is 2.41. The number of anilines is 1. The maximum Gasteiger partial charge on any atom is 0.0812 e. The van der Waals surface area contributed by atoms with Gasteiger partial charge in [-0.3, -0.25) is 0 Å². The van der Waals surface area contributed by atoms with E-state index < -0.39 is 0 Å². The Morgan fingerprint density at radius 2 is 1.68 bits per heavy atom. The van der Waals surface area contributed by atoms with Gasteiger partial charge in [-0.25, -0.2) is 0 Å². The van der Waals surface area contributed by atoms with Gasteiger partial charge in [0.2, 0.25) is 0 Å². The molecule has 0 aromatic heterocycles. The van der Waals surface area contributed by atoms with E-state index in [0.29, 0.717) is 0 Å². The van der Waals surface area contributed by atoms with Crippen LogP contribution < -0.4 is 4.90 Å². The van der Waals surface area contributed by atoms with Crippen molar-refractivity contribution in [3.05, 3.63) is 69.8 Å². The quantitative estimate of drug-likeness (QED) is 0.689. The van der Waals surface area contributed by atoms with Crippen molar-refractivity contribution < 1.29 is 0 Å². The van der Waals surface area contributed by atoms with Crippen molar-refractivity contribution in [2.75, 3.05) is 11.9 Å². The van der Waals surface area contributed by atoms with Gasteiger partial charge in [-0.1, -0.05) is 42.0 Å². The molecule has 1 unspecified atom stereocenters. The Labute approximate surface area is 134 Å². The van der Waals surface area contributed by atoms with Crippen molar-refractivity contribution in [3.63, 3.8) is 0 Å². The third-order valence-corrected chi connectivity index (χ3v) is 5.29. The first-order valence-corrected chi connectivity index (χ1v) is 7.95. The van der Waals surface area contributed by atoms with Gasteiger partial charge in [0.25, 0.3) is 0 Å². The highest BCUT2D eigenvalue weighted by atomic mass is 15.2. The Kier molecular flexibility index (Phi) is 3.40. The second-order valence-corrected chi connectivity index (χ2v) is 6.80. The third kappa shape index (κ3) is 2.08. The number of aryl methyl sites for hydroxylation is 3. The summed E-state index contributed by atoms with van der Waals surface area (Å²) in [5.41, 5.74) is 9.36. The van der Waals surface area contributed by atoms with Crippen LogP contribution in [0.5, 0.6) is 0 Å². The Morgan fingerprint density at radius 3 is 2.41 bits per heavy atom. The van der Waals surface area contributed by atoms with E-state index in [0.717, 1.165) is 0 Å². The average molecular weight is 291 g/mol. The first-order chi connectivity index (χ1) is 10.3. The predicted molar refractivity (Wildman–Crippen MR) is 96.6 cm³/mol. The minimum absolute atomic E-state index is 0.109. The van der Waals surface area contributed by atoms with Crippen LogP contribution in [0.25, 0.3) is 6.08 Å². The molecule has 1 aliphatic heterocycles. The van der Waals surface area contributed by atoms with E-state index in [2.05, 4.69) is 89.1 Å². The van der Waals surface area contributed by atoms with Crippen molar-refractivity contribution in [2.45, 2.75) is 40.2 Å². The lowest BCUT2D eigenvalue weighted by molar-refractivity contribution is 0.573. The van der Waals surface area contributed by atoms with Gasteiger partial charge in [-0.05, 0) is 62.9 Å². The zero-order chi connectivity index (χ0) is 16.1. The first-order valence-electron chi connectivity index (χ1n) is 7.95. The first kappa shape index (κ1) is 14.9. The number of nitrogens with zero attached hydrogens (tertiary/aromatic N) is 1. The van der Waals surface area contributed by atoms with Crippen molar-refractivity contribution in [1.82, 2.24) is 0 Å². The fourth-order valence-electron chi connectivity index (χ4n) is 3.62. The van der Waals surface area contributed by atoms with Crippen LogP contribution >= 0.6 is 0 Å². The fraction of sp³-hybridized carbons (Fsp3) is 0.333. The molecule has 0 spiro atoms. The molecule has 2 aromatic rings. The molecule has 0 radical (unpaired) electrons. The molecule has 1 nitrogen and oxygen atoms in total. The summed E-state index contributed by atoms with van der Waals surface area (Å²) < 4.78 is 0. The lowest BCUT2D eigenvalue weighted by Crippen LogP contribution is -2.42. The Hall–Kier alpha value is -2.02. The van der Waals surface area contributed by atoms with Gasteiger partial charge in [0.1, 0.15) is 0 Å². The van der Waals surface area contributed by atoms with Crippen LogP contribution in [-0.4, -0.2) is 7.05 Å². The molecule has 0 saturated heterocycles. The molecular formula is C21H25N. The summed E-state index contributed by atoms with van der Waals surface area (Å²) >= 11 is 0. The molecule has 0 aliphatic carbocycles. The normalized spacial score (nSPS) is 20.2. The van der Waals surface area contributed by atoms with Gasteiger partial charge >= 0.3 is 0 Å². The second kappa shape index (κ2) is 5.01. The van der Waals surface area contributed by atoms with Gasteiger partial charge in [-0.2, -0.15) is 0 Å². The van der Waals surface area contributed by atoms with Gasteiger partial charge in [0.05, 0.1) is 5.54 Å². The molecule has 0 bridgehead atoms. The van der Waals surface area contributed by atoms with E-state index >= 15 is 0 Å². The van der Waals surface area contributed by atoms with Crippen molar-refractivity contribution >= 4 is 11.8 Å². The maximum atomic E-state index is 2.41. The zero-order valence-electron chi connectivity index (χ0n) is 14.5. The maximum absolute atomic E-state index is 2.41. The largest absolute Gasteiger partial charge is 0.361 e.